The number of nitrogens with one attached hydrogen (secondary N) is 2. The van der Waals surface area contributed by atoms with E-state index in [4.69, 9.17) is 0 Å². The fourth-order valence-corrected chi connectivity index (χ4v) is 3.22. The topological polar surface area (TPSA) is 96.4 Å². The molecule has 6 nitrogen and oxygen atoms in total. The van der Waals surface area contributed by atoms with Crippen LogP contribution in [0.25, 0.3) is 0 Å². The first kappa shape index (κ1) is 22.5. The Balaban J connectivity index is 5.33. The Bertz CT molecular complexity index is 465. The second-order valence-corrected chi connectivity index (χ2v) is 8.15. The average molecular weight is 335 g/mol. The van der Waals surface area contributed by atoms with Crippen LogP contribution in [0, 0.1) is 22.7 Å². The van der Waals surface area contributed by atoms with Crippen LogP contribution in [-0.4, -0.2) is 35.2 Å². The third kappa shape index (κ3) is 7.86. The normalized spacial score (nSPS) is 17.8. The van der Waals surface area contributed by atoms with Gasteiger partial charge in [0.25, 0.3) is 0 Å². The molecule has 0 heterocycles. The quantitative estimate of drug-likeness (QED) is 0.597. The van der Waals surface area contributed by atoms with E-state index >= 15 is 0 Å². The summed E-state index contributed by atoms with van der Waals surface area (Å²) in [6, 6.07) is 4.50. The lowest BCUT2D eigenvalue weighted by Crippen LogP contribution is -2.46. The Hall–Kier alpha value is -1.50. The number of nitriles is 2. The summed E-state index contributed by atoms with van der Waals surface area (Å²) in [5.74, 6) is 0. The third-order valence-electron chi connectivity index (χ3n) is 3.86. The van der Waals surface area contributed by atoms with E-state index in [0.717, 1.165) is 13.1 Å². The summed E-state index contributed by atoms with van der Waals surface area (Å²) in [6.45, 7) is 17.4. The van der Waals surface area contributed by atoms with Gasteiger partial charge in [-0.3, -0.25) is 0 Å². The minimum absolute atomic E-state index is 0.232. The van der Waals surface area contributed by atoms with Crippen LogP contribution >= 0.6 is 0 Å². The van der Waals surface area contributed by atoms with E-state index in [1.54, 1.807) is 13.8 Å². The van der Waals surface area contributed by atoms with Crippen molar-refractivity contribution in [3.05, 3.63) is 0 Å². The summed E-state index contributed by atoms with van der Waals surface area (Å²) in [7, 11) is 0. The molecule has 0 aliphatic rings. The standard InChI is InChI=1S/C18H34N6/c1-9-21-15(3,4)11-17(7,13-19)23-24-18(8,14-20)12-16(5,6)22-10-2/h21-22H,9-12H2,1-8H3. The van der Waals surface area contributed by atoms with Crippen LogP contribution < -0.4 is 10.6 Å². The molecule has 0 fully saturated rings. The second kappa shape index (κ2) is 8.55. The highest BCUT2D eigenvalue weighted by molar-refractivity contribution is 5.11. The Morgan fingerprint density at radius 1 is 0.708 bits per heavy atom. The van der Waals surface area contributed by atoms with Gasteiger partial charge in [-0.25, -0.2) is 0 Å². The van der Waals surface area contributed by atoms with Crippen LogP contribution in [0.4, 0.5) is 0 Å². The van der Waals surface area contributed by atoms with Crippen molar-refractivity contribution in [1.29, 1.82) is 10.5 Å². The molecule has 0 aromatic heterocycles. The van der Waals surface area contributed by atoms with Crippen LogP contribution in [0.15, 0.2) is 10.2 Å². The van der Waals surface area contributed by atoms with E-state index < -0.39 is 11.1 Å². The molecule has 0 amide bonds. The first-order valence-corrected chi connectivity index (χ1v) is 8.63. The van der Waals surface area contributed by atoms with Crippen LogP contribution in [-0.2, 0) is 0 Å². The number of hydrogen-bond acceptors (Lipinski definition) is 6. The van der Waals surface area contributed by atoms with Crippen LogP contribution in [0.2, 0.25) is 0 Å². The summed E-state index contributed by atoms with van der Waals surface area (Å²) in [4.78, 5) is 0. The molecule has 0 rings (SSSR count). The fraction of sp³-hybridized carbons (Fsp3) is 0.889. The first-order valence-electron chi connectivity index (χ1n) is 8.63. The van der Waals surface area contributed by atoms with E-state index in [1.807, 2.05) is 41.5 Å². The van der Waals surface area contributed by atoms with Crippen molar-refractivity contribution in [2.75, 3.05) is 13.1 Å². The monoisotopic (exact) mass is 334 g/mol. The van der Waals surface area contributed by atoms with Gasteiger partial charge in [-0.1, -0.05) is 13.8 Å². The molecule has 2 atom stereocenters. The van der Waals surface area contributed by atoms with E-state index in [-0.39, 0.29) is 11.1 Å². The molecule has 0 aromatic rings. The molecule has 0 aromatic carbocycles. The maximum absolute atomic E-state index is 9.58. The molecular weight excluding hydrogens is 300 g/mol. The molecule has 0 aliphatic carbocycles. The molecule has 136 valence electrons. The van der Waals surface area contributed by atoms with Crippen molar-refractivity contribution in [1.82, 2.24) is 10.6 Å². The van der Waals surface area contributed by atoms with Crippen molar-refractivity contribution in [2.45, 2.75) is 90.4 Å². The molecule has 2 N–H and O–H groups in total. The molecule has 0 saturated carbocycles. The van der Waals surface area contributed by atoms with Crippen molar-refractivity contribution in [3.8, 4) is 12.1 Å². The SMILES string of the molecule is CCNC(C)(C)CC(C)(C#N)N=NC(C)(C#N)CC(C)(C)NCC. The zero-order chi connectivity index (χ0) is 19.1. The molecule has 0 radical (unpaired) electrons. The summed E-state index contributed by atoms with van der Waals surface area (Å²) < 4.78 is 0. The van der Waals surface area contributed by atoms with Gasteiger partial charge >= 0.3 is 0 Å². The highest BCUT2D eigenvalue weighted by Gasteiger charge is 2.36. The van der Waals surface area contributed by atoms with Crippen molar-refractivity contribution < 1.29 is 0 Å². The van der Waals surface area contributed by atoms with Crippen molar-refractivity contribution >= 4 is 0 Å². The predicted octanol–water partition coefficient (Wildman–Crippen LogP) is 3.56. The summed E-state index contributed by atoms with van der Waals surface area (Å²) >= 11 is 0. The molecule has 0 saturated heterocycles. The van der Waals surface area contributed by atoms with Gasteiger partial charge < -0.3 is 10.6 Å². The third-order valence-corrected chi connectivity index (χ3v) is 3.86. The lowest BCUT2D eigenvalue weighted by molar-refractivity contribution is 0.288. The fourth-order valence-electron chi connectivity index (χ4n) is 3.22. The van der Waals surface area contributed by atoms with Crippen LogP contribution in [0.3, 0.4) is 0 Å². The minimum Gasteiger partial charge on any atom is -0.312 e. The Labute approximate surface area is 147 Å². The molecule has 2 unspecified atom stereocenters. The van der Waals surface area contributed by atoms with Gasteiger partial charge in [0.1, 0.15) is 0 Å². The molecule has 0 bridgehead atoms. The zero-order valence-electron chi connectivity index (χ0n) is 16.6. The molecule has 0 aliphatic heterocycles. The number of nitrogens with zero attached hydrogens (tertiary/aromatic N) is 4. The van der Waals surface area contributed by atoms with E-state index in [0.29, 0.717) is 12.8 Å². The van der Waals surface area contributed by atoms with Crippen LogP contribution in [0.1, 0.15) is 68.2 Å². The van der Waals surface area contributed by atoms with E-state index in [2.05, 4.69) is 33.0 Å². The zero-order valence-corrected chi connectivity index (χ0v) is 16.6. The number of hydrogen-bond donors (Lipinski definition) is 2. The predicted molar refractivity (Wildman–Crippen MR) is 97.6 cm³/mol. The van der Waals surface area contributed by atoms with Gasteiger partial charge in [-0.05, 0) is 54.6 Å². The average Bonchev–Trinajstić information content (AvgIpc) is 2.44. The van der Waals surface area contributed by atoms with Gasteiger partial charge in [0.15, 0.2) is 11.1 Å². The largest absolute Gasteiger partial charge is 0.312 e. The highest BCUT2D eigenvalue weighted by Crippen LogP contribution is 2.28. The number of azo groups is 1. The maximum atomic E-state index is 9.58. The Morgan fingerprint density at radius 3 is 1.21 bits per heavy atom. The number of rotatable bonds is 10. The molecule has 6 heteroatoms. The van der Waals surface area contributed by atoms with Gasteiger partial charge in [0, 0.05) is 23.9 Å². The first-order chi connectivity index (χ1) is 10.9. The Morgan fingerprint density at radius 2 is 1.00 bits per heavy atom. The van der Waals surface area contributed by atoms with Gasteiger partial charge in [-0.2, -0.15) is 20.8 Å². The second-order valence-electron chi connectivity index (χ2n) is 8.15. The van der Waals surface area contributed by atoms with Gasteiger partial charge in [0.05, 0.1) is 12.1 Å². The Kier molecular flexibility index (Phi) is 8.02. The summed E-state index contributed by atoms with van der Waals surface area (Å²) in [6.07, 6.45) is 1.04. The van der Waals surface area contributed by atoms with Crippen molar-refractivity contribution in [3.63, 3.8) is 0 Å². The van der Waals surface area contributed by atoms with E-state index in [1.165, 1.54) is 0 Å². The van der Waals surface area contributed by atoms with Crippen molar-refractivity contribution in [2.24, 2.45) is 10.2 Å². The van der Waals surface area contributed by atoms with E-state index in [9.17, 15) is 10.5 Å². The lowest BCUT2D eigenvalue weighted by atomic mass is 9.86. The summed E-state index contributed by atoms with van der Waals surface area (Å²) in [5, 5.41) is 34.5. The smallest absolute Gasteiger partial charge is 0.166 e. The van der Waals surface area contributed by atoms with Gasteiger partial charge in [-0.15, -0.1) is 0 Å². The molecule has 24 heavy (non-hydrogen) atoms. The summed E-state index contributed by atoms with van der Waals surface area (Å²) in [5.41, 5.74) is -2.40. The van der Waals surface area contributed by atoms with Crippen LogP contribution in [0.5, 0.6) is 0 Å². The lowest BCUT2D eigenvalue weighted by Gasteiger charge is -2.33. The molecular formula is C18H34N6. The highest BCUT2D eigenvalue weighted by atomic mass is 15.2. The molecule has 0 spiro atoms. The minimum atomic E-state index is -0.966. The maximum Gasteiger partial charge on any atom is 0.166 e. The van der Waals surface area contributed by atoms with Gasteiger partial charge in [0.2, 0.25) is 0 Å².